The molecule has 4 heteroatoms. The molecule has 0 aromatic carbocycles. The zero-order valence-electron chi connectivity index (χ0n) is 11.2. The lowest BCUT2D eigenvalue weighted by Gasteiger charge is -2.38. The van der Waals surface area contributed by atoms with E-state index in [2.05, 4.69) is 24.3 Å². The maximum Gasteiger partial charge on any atom is 0.223 e. The number of nitrogens with one attached hydrogen (secondary N) is 1. The van der Waals surface area contributed by atoms with E-state index in [0.717, 1.165) is 38.0 Å². The van der Waals surface area contributed by atoms with Gasteiger partial charge in [0, 0.05) is 24.9 Å². The Bertz CT molecular complexity index is 367. The predicted molar refractivity (Wildman–Crippen MR) is 70.2 cm³/mol. The molecule has 0 atom stereocenters. The second-order valence-corrected chi connectivity index (χ2v) is 5.26. The van der Waals surface area contributed by atoms with Crippen molar-refractivity contribution in [3.05, 3.63) is 24.2 Å². The summed E-state index contributed by atoms with van der Waals surface area (Å²) >= 11 is 0. The molecule has 1 aromatic rings. The molecule has 0 bridgehead atoms. The van der Waals surface area contributed by atoms with E-state index in [1.165, 1.54) is 0 Å². The Kier molecular flexibility index (Phi) is 4.42. The summed E-state index contributed by atoms with van der Waals surface area (Å²) in [6, 6.07) is 4.45. The van der Waals surface area contributed by atoms with Crippen molar-refractivity contribution in [2.75, 3.05) is 20.6 Å². The minimum Gasteiger partial charge on any atom is -0.469 e. The fourth-order valence-electron chi connectivity index (χ4n) is 2.30. The van der Waals surface area contributed by atoms with Crippen LogP contribution in [0.25, 0.3) is 0 Å². The molecule has 1 heterocycles. The van der Waals surface area contributed by atoms with Gasteiger partial charge in [-0.15, -0.1) is 0 Å². The zero-order chi connectivity index (χ0) is 13.0. The fourth-order valence-corrected chi connectivity index (χ4v) is 2.30. The monoisotopic (exact) mass is 250 g/mol. The summed E-state index contributed by atoms with van der Waals surface area (Å²) in [6.45, 7) is 0.739. The second-order valence-electron chi connectivity index (χ2n) is 5.26. The molecule has 1 N–H and O–H groups in total. The van der Waals surface area contributed by atoms with Crippen LogP contribution < -0.4 is 5.32 Å². The average molecular weight is 250 g/mol. The molecule has 2 rings (SSSR count). The molecule has 0 aliphatic heterocycles. The maximum atomic E-state index is 11.8. The molecular formula is C14H22N2O2. The Hall–Kier alpha value is -1.29. The van der Waals surface area contributed by atoms with Crippen molar-refractivity contribution in [3.8, 4) is 0 Å². The Labute approximate surface area is 108 Å². The predicted octanol–water partition coefficient (Wildman–Crippen LogP) is 1.67. The van der Waals surface area contributed by atoms with Gasteiger partial charge in [0.25, 0.3) is 0 Å². The minimum absolute atomic E-state index is 0.215. The van der Waals surface area contributed by atoms with E-state index in [4.69, 9.17) is 4.42 Å². The van der Waals surface area contributed by atoms with Crippen molar-refractivity contribution in [1.82, 2.24) is 10.2 Å². The van der Waals surface area contributed by atoms with Gasteiger partial charge >= 0.3 is 0 Å². The highest BCUT2D eigenvalue weighted by atomic mass is 16.3. The van der Waals surface area contributed by atoms with Gasteiger partial charge in [-0.1, -0.05) is 0 Å². The van der Waals surface area contributed by atoms with Crippen molar-refractivity contribution in [3.63, 3.8) is 0 Å². The van der Waals surface area contributed by atoms with Crippen LogP contribution in [0.15, 0.2) is 22.8 Å². The standard InChI is InChI=1S/C14H22N2O2/c1-16(2)12-9-11(10-12)14(17)15-7-3-5-13-6-4-8-18-13/h4,6,8,11-12H,3,5,7,9-10H2,1-2H3,(H,15,17). The summed E-state index contributed by atoms with van der Waals surface area (Å²) in [5.41, 5.74) is 0. The molecule has 0 saturated heterocycles. The van der Waals surface area contributed by atoms with Gasteiger partial charge in [0.15, 0.2) is 0 Å². The second kappa shape index (κ2) is 6.05. The third-order valence-corrected chi connectivity index (χ3v) is 3.69. The first-order chi connectivity index (χ1) is 8.66. The molecule has 0 unspecified atom stereocenters. The van der Waals surface area contributed by atoms with E-state index >= 15 is 0 Å². The summed E-state index contributed by atoms with van der Waals surface area (Å²) in [7, 11) is 4.14. The van der Waals surface area contributed by atoms with Gasteiger partial charge in [-0.25, -0.2) is 0 Å². The molecule has 1 aliphatic rings. The van der Waals surface area contributed by atoms with Gasteiger partial charge in [-0.05, 0) is 45.5 Å². The molecule has 1 saturated carbocycles. The number of hydrogen-bond acceptors (Lipinski definition) is 3. The quantitative estimate of drug-likeness (QED) is 0.781. The number of rotatable bonds is 6. The minimum atomic E-state index is 0.215. The van der Waals surface area contributed by atoms with E-state index in [0.29, 0.717) is 6.04 Å². The van der Waals surface area contributed by atoms with Gasteiger partial charge in [-0.3, -0.25) is 4.79 Å². The van der Waals surface area contributed by atoms with Gasteiger partial charge in [0.1, 0.15) is 5.76 Å². The largest absolute Gasteiger partial charge is 0.469 e. The van der Waals surface area contributed by atoms with Gasteiger partial charge in [0.2, 0.25) is 5.91 Å². The lowest BCUT2D eigenvalue weighted by Crippen LogP contribution is -2.47. The fraction of sp³-hybridized carbons (Fsp3) is 0.643. The van der Waals surface area contributed by atoms with Crippen LogP contribution >= 0.6 is 0 Å². The highest BCUT2D eigenvalue weighted by Gasteiger charge is 2.35. The Balaban J connectivity index is 1.56. The third-order valence-electron chi connectivity index (χ3n) is 3.69. The Morgan fingerprint density at radius 2 is 2.28 bits per heavy atom. The van der Waals surface area contributed by atoms with Crippen molar-refractivity contribution in [2.45, 2.75) is 31.7 Å². The van der Waals surface area contributed by atoms with Crippen LogP contribution in [0.3, 0.4) is 0 Å². The molecule has 1 aromatic heterocycles. The molecular weight excluding hydrogens is 228 g/mol. The molecule has 4 nitrogen and oxygen atoms in total. The average Bonchev–Trinajstić information content (AvgIpc) is 2.74. The van der Waals surface area contributed by atoms with E-state index in [1.807, 2.05) is 12.1 Å². The first kappa shape index (κ1) is 13.1. The molecule has 18 heavy (non-hydrogen) atoms. The van der Waals surface area contributed by atoms with Gasteiger partial charge in [0.05, 0.1) is 6.26 Å². The van der Waals surface area contributed by atoms with Crippen molar-refractivity contribution < 1.29 is 9.21 Å². The van der Waals surface area contributed by atoms with Crippen molar-refractivity contribution >= 4 is 5.91 Å². The van der Waals surface area contributed by atoms with Crippen LogP contribution in [-0.4, -0.2) is 37.5 Å². The smallest absolute Gasteiger partial charge is 0.223 e. The van der Waals surface area contributed by atoms with Gasteiger partial charge < -0.3 is 14.6 Å². The molecule has 1 fully saturated rings. The zero-order valence-corrected chi connectivity index (χ0v) is 11.2. The van der Waals surface area contributed by atoms with E-state index in [1.54, 1.807) is 6.26 Å². The first-order valence-electron chi connectivity index (χ1n) is 6.63. The normalized spacial score (nSPS) is 22.8. The van der Waals surface area contributed by atoms with E-state index in [-0.39, 0.29) is 11.8 Å². The number of hydrogen-bond donors (Lipinski definition) is 1. The van der Waals surface area contributed by atoms with E-state index < -0.39 is 0 Å². The number of carbonyl (C=O) groups is 1. The number of furan rings is 1. The number of aryl methyl sites for hydroxylation is 1. The molecule has 100 valence electrons. The van der Waals surface area contributed by atoms with Crippen LogP contribution in [0.2, 0.25) is 0 Å². The van der Waals surface area contributed by atoms with Crippen LogP contribution in [0.1, 0.15) is 25.0 Å². The Morgan fingerprint density at radius 3 is 2.89 bits per heavy atom. The SMILES string of the molecule is CN(C)C1CC(C(=O)NCCCc2ccco2)C1. The highest BCUT2D eigenvalue weighted by molar-refractivity contribution is 5.79. The maximum absolute atomic E-state index is 11.8. The van der Waals surface area contributed by atoms with Crippen LogP contribution in [0.5, 0.6) is 0 Å². The molecule has 1 amide bonds. The van der Waals surface area contributed by atoms with Crippen LogP contribution in [0, 0.1) is 5.92 Å². The van der Waals surface area contributed by atoms with Gasteiger partial charge in [-0.2, -0.15) is 0 Å². The summed E-state index contributed by atoms with van der Waals surface area (Å²) in [5, 5.41) is 3.01. The number of carbonyl (C=O) groups excluding carboxylic acids is 1. The van der Waals surface area contributed by atoms with Crippen molar-refractivity contribution in [2.24, 2.45) is 5.92 Å². The van der Waals surface area contributed by atoms with E-state index in [9.17, 15) is 4.79 Å². The summed E-state index contributed by atoms with van der Waals surface area (Å²) in [6.07, 6.45) is 5.50. The topological polar surface area (TPSA) is 45.5 Å². The van der Waals surface area contributed by atoms with Crippen LogP contribution in [0.4, 0.5) is 0 Å². The highest BCUT2D eigenvalue weighted by Crippen LogP contribution is 2.30. The molecule has 0 radical (unpaired) electrons. The third kappa shape index (κ3) is 3.35. The lowest BCUT2D eigenvalue weighted by molar-refractivity contribution is -0.129. The molecule has 1 aliphatic carbocycles. The Morgan fingerprint density at radius 1 is 1.50 bits per heavy atom. The first-order valence-corrected chi connectivity index (χ1v) is 6.63. The summed E-state index contributed by atoms with van der Waals surface area (Å²) < 4.78 is 5.24. The van der Waals surface area contributed by atoms with Crippen LogP contribution in [-0.2, 0) is 11.2 Å². The summed E-state index contributed by atoms with van der Waals surface area (Å²) in [4.78, 5) is 14.0. The number of amides is 1. The van der Waals surface area contributed by atoms with Crippen molar-refractivity contribution in [1.29, 1.82) is 0 Å². The molecule has 0 spiro atoms. The summed E-state index contributed by atoms with van der Waals surface area (Å²) in [5.74, 6) is 1.43. The number of nitrogens with zero attached hydrogens (tertiary/aromatic N) is 1. The lowest BCUT2D eigenvalue weighted by atomic mass is 9.79.